The predicted octanol–water partition coefficient (Wildman–Crippen LogP) is 2.90. The van der Waals surface area contributed by atoms with Gasteiger partial charge in [-0.25, -0.2) is 9.37 Å². The maximum Gasteiger partial charge on any atom is 0.190 e. The summed E-state index contributed by atoms with van der Waals surface area (Å²) in [6, 6.07) is 6.70. The van der Waals surface area contributed by atoms with E-state index in [1.807, 2.05) is 17.9 Å². The van der Waals surface area contributed by atoms with Crippen LogP contribution >= 0.6 is 11.3 Å². The van der Waals surface area contributed by atoms with Crippen LogP contribution in [-0.4, -0.2) is 11.5 Å². The van der Waals surface area contributed by atoms with Gasteiger partial charge in [0.15, 0.2) is 5.13 Å². The van der Waals surface area contributed by atoms with E-state index in [1.165, 1.54) is 17.4 Å². The number of para-hydroxylation sites is 1. The second-order valence-electron chi connectivity index (χ2n) is 3.51. The maximum atomic E-state index is 13.7. The average molecular weight is 251 g/mol. The lowest BCUT2D eigenvalue weighted by Gasteiger charge is -2.20. The highest BCUT2D eigenvalue weighted by Gasteiger charge is 2.14. The smallest absolute Gasteiger partial charge is 0.190 e. The highest BCUT2D eigenvalue weighted by atomic mass is 32.1. The first-order valence-electron chi connectivity index (χ1n) is 5.43. The zero-order valence-corrected chi connectivity index (χ0v) is 10.4. The summed E-state index contributed by atoms with van der Waals surface area (Å²) in [5, 5.41) is 0.776. The Hall–Kier alpha value is -1.46. The van der Waals surface area contributed by atoms with Crippen LogP contribution < -0.4 is 10.6 Å². The summed E-state index contributed by atoms with van der Waals surface area (Å²) in [5.41, 5.74) is 6.10. The van der Waals surface area contributed by atoms with Gasteiger partial charge in [0, 0.05) is 24.2 Å². The number of benzene rings is 1. The van der Waals surface area contributed by atoms with Crippen LogP contribution in [-0.2, 0) is 6.54 Å². The van der Waals surface area contributed by atoms with Gasteiger partial charge in [0.05, 0.1) is 5.69 Å². The van der Waals surface area contributed by atoms with Gasteiger partial charge in [-0.1, -0.05) is 12.1 Å². The Kier molecular flexibility index (Phi) is 3.71. The monoisotopic (exact) mass is 251 g/mol. The third kappa shape index (κ3) is 2.45. The quantitative estimate of drug-likeness (QED) is 0.908. The largest absolute Gasteiger partial charge is 0.326 e. The molecule has 0 atom stereocenters. The van der Waals surface area contributed by atoms with E-state index >= 15 is 0 Å². The third-order valence-corrected chi connectivity index (χ3v) is 3.48. The molecule has 0 radical (unpaired) electrons. The molecule has 1 aromatic carbocycles. The molecule has 2 aromatic rings. The Labute approximate surface area is 104 Å². The number of nitrogens with zero attached hydrogens (tertiary/aromatic N) is 2. The Morgan fingerprint density at radius 2 is 2.18 bits per heavy atom. The van der Waals surface area contributed by atoms with Crippen LogP contribution in [0.5, 0.6) is 0 Å². The number of anilines is 2. The van der Waals surface area contributed by atoms with Gasteiger partial charge in [-0.15, -0.1) is 11.3 Å². The fourth-order valence-corrected chi connectivity index (χ4v) is 2.46. The summed E-state index contributed by atoms with van der Waals surface area (Å²) in [5.74, 6) is -0.237. The molecular weight excluding hydrogens is 237 g/mol. The van der Waals surface area contributed by atoms with Crippen molar-refractivity contribution in [1.82, 2.24) is 4.98 Å². The van der Waals surface area contributed by atoms with Gasteiger partial charge in [0.2, 0.25) is 0 Å². The molecule has 1 heterocycles. The Morgan fingerprint density at radius 1 is 1.41 bits per heavy atom. The van der Waals surface area contributed by atoms with Gasteiger partial charge in [-0.05, 0) is 19.1 Å². The van der Waals surface area contributed by atoms with Crippen LogP contribution in [0.1, 0.15) is 11.8 Å². The van der Waals surface area contributed by atoms with E-state index in [4.69, 9.17) is 5.73 Å². The predicted molar refractivity (Wildman–Crippen MR) is 69.1 cm³/mol. The first-order valence-corrected chi connectivity index (χ1v) is 6.24. The van der Waals surface area contributed by atoms with Crippen molar-refractivity contribution in [3.05, 3.63) is 41.2 Å². The molecule has 5 heteroatoms. The second-order valence-corrected chi connectivity index (χ2v) is 4.60. The first kappa shape index (κ1) is 12.0. The minimum Gasteiger partial charge on any atom is -0.326 e. The van der Waals surface area contributed by atoms with Gasteiger partial charge in [-0.2, -0.15) is 0 Å². The molecular formula is C12H14FN3S. The van der Waals surface area contributed by atoms with E-state index in [9.17, 15) is 4.39 Å². The van der Waals surface area contributed by atoms with E-state index < -0.39 is 0 Å². The molecule has 90 valence electrons. The SMILES string of the molecule is CCN(c1ncc(CN)s1)c1ccccc1F. The molecule has 0 fully saturated rings. The second kappa shape index (κ2) is 5.25. The summed E-state index contributed by atoms with van der Waals surface area (Å²) in [6.07, 6.45) is 1.74. The van der Waals surface area contributed by atoms with Gasteiger partial charge in [-0.3, -0.25) is 0 Å². The van der Waals surface area contributed by atoms with E-state index in [1.54, 1.807) is 18.3 Å². The third-order valence-electron chi connectivity index (χ3n) is 2.43. The summed E-state index contributed by atoms with van der Waals surface area (Å²) in [4.78, 5) is 7.12. The van der Waals surface area contributed by atoms with Crippen molar-refractivity contribution in [1.29, 1.82) is 0 Å². The van der Waals surface area contributed by atoms with Crippen LogP contribution in [0.15, 0.2) is 30.5 Å². The Bertz CT molecular complexity index is 498. The lowest BCUT2D eigenvalue weighted by atomic mass is 10.3. The summed E-state index contributed by atoms with van der Waals surface area (Å²) >= 11 is 1.49. The first-order chi connectivity index (χ1) is 8.26. The lowest BCUT2D eigenvalue weighted by Crippen LogP contribution is -2.16. The standard InChI is InChI=1S/C12H14FN3S/c1-2-16(11-6-4-3-5-10(11)13)12-15-8-9(7-14)17-12/h3-6,8H,2,7,14H2,1H3. The van der Waals surface area contributed by atoms with Crippen LogP contribution in [0.2, 0.25) is 0 Å². The Balaban J connectivity index is 2.36. The average Bonchev–Trinajstić information content (AvgIpc) is 2.81. The fraction of sp³-hybridized carbons (Fsp3) is 0.250. The van der Waals surface area contributed by atoms with Crippen molar-refractivity contribution in [2.45, 2.75) is 13.5 Å². The van der Waals surface area contributed by atoms with Crippen molar-refractivity contribution in [2.24, 2.45) is 5.73 Å². The number of halogens is 1. The van der Waals surface area contributed by atoms with Crippen molar-refractivity contribution in [3.63, 3.8) is 0 Å². The van der Waals surface area contributed by atoms with Gasteiger partial charge in [0.25, 0.3) is 0 Å². The number of hydrogen-bond acceptors (Lipinski definition) is 4. The van der Waals surface area contributed by atoms with Crippen molar-refractivity contribution in [2.75, 3.05) is 11.4 Å². The molecule has 0 saturated heterocycles. The molecule has 2 rings (SSSR count). The molecule has 0 aliphatic rings. The normalized spacial score (nSPS) is 10.5. The van der Waals surface area contributed by atoms with Crippen molar-refractivity contribution < 1.29 is 4.39 Å². The van der Waals surface area contributed by atoms with Crippen LogP contribution in [0.25, 0.3) is 0 Å². The molecule has 0 aliphatic heterocycles. The van der Waals surface area contributed by atoms with Crippen molar-refractivity contribution in [3.8, 4) is 0 Å². The van der Waals surface area contributed by atoms with Gasteiger partial charge >= 0.3 is 0 Å². The van der Waals surface area contributed by atoms with E-state index in [-0.39, 0.29) is 5.82 Å². The van der Waals surface area contributed by atoms with Gasteiger partial charge in [0.1, 0.15) is 5.82 Å². The number of thiazole rings is 1. The lowest BCUT2D eigenvalue weighted by molar-refractivity contribution is 0.625. The molecule has 2 N–H and O–H groups in total. The number of aromatic nitrogens is 1. The molecule has 0 amide bonds. The maximum absolute atomic E-state index is 13.7. The molecule has 1 aromatic heterocycles. The molecule has 17 heavy (non-hydrogen) atoms. The Morgan fingerprint density at radius 3 is 2.76 bits per heavy atom. The number of rotatable bonds is 4. The number of nitrogens with two attached hydrogens (primary N) is 1. The fourth-order valence-electron chi connectivity index (χ4n) is 1.60. The highest BCUT2D eigenvalue weighted by Crippen LogP contribution is 2.30. The van der Waals surface area contributed by atoms with Gasteiger partial charge < -0.3 is 10.6 Å². The van der Waals surface area contributed by atoms with Crippen LogP contribution in [0, 0.1) is 5.82 Å². The zero-order chi connectivity index (χ0) is 12.3. The molecule has 0 spiro atoms. The zero-order valence-electron chi connectivity index (χ0n) is 9.56. The van der Waals surface area contributed by atoms with Crippen LogP contribution in [0.3, 0.4) is 0 Å². The minimum atomic E-state index is -0.237. The molecule has 0 unspecified atom stereocenters. The highest BCUT2D eigenvalue weighted by molar-refractivity contribution is 7.15. The number of hydrogen-bond donors (Lipinski definition) is 1. The van der Waals surface area contributed by atoms with Crippen molar-refractivity contribution >= 4 is 22.2 Å². The molecule has 3 nitrogen and oxygen atoms in total. The molecule has 0 bridgehead atoms. The summed E-state index contributed by atoms with van der Waals surface area (Å²) in [7, 11) is 0. The minimum absolute atomic E-state index is 0.237. The van der Waals surface area contributed by atoms with E-state index in [0.717, 1.165) is 10.0 Å². The molecule has 0 aliphatic carbocycles. The van der Waals surface area contributed by atoms with E-state index in [2.05, 4.69) is 4.98 Å². The topological polar surface area (TPSA) is 42.2 Å². The molecule has 0 saturated carbocycles. The summed E-state index contributed by atoms with van der Waals surface area (Å²) < 4.78 is 13.7. The summed E-state index contributed by atoms with van der Waals surface area (Å²) in [6.45, 7) is 3.10. The van der Waals surface area contributed by atoms with E-state index in [0.29, 0.717) is 18.8 Å². The van der Waals surface area contributed by atoms with Crippen LogP contribution in [0.4, 0.5) is 15.2 Å².